The topological polar surface area (TPSA) is 46.2 Å². The highest BCUT2D eigenvalue weighted by atomic mass is 35.5. The summed E-state index contributed by atoms with van der Waals surface area (Å²) >= 11 is 7.12. The molecule has 1 fully saturated rings. The average molecular weight is 258 g/mol. The summed E-state index contributed by atoms with van der Waals surface area (Å²) in [6.07, 6.45) is 2.40. The number of carbonyl (C=O) groups is 2. The van der Waals surface area contributed by atoms with E-state index >= 15 is 0 Å². The minimum Gasteiger partial charge on any atom is -0.317 e. The fourth-order valence-corrected chi connectivity index (χ4v) is 2.75. The van der Waals surface area contributed by atoms with Gasteiger partial charge in [-0.1, -0.05) is 11.6 Å². The summed E-state index contributed by atoms with van der Waals surface area (Å²) in [5.74, 6) is 0.243. The summed E-state index contributed by atoms with van der Waals surface area (Å²) in [5.41, 5.74) is 0. The molecule has 1 amide bonds. The Labute approximate surface area is 103 Å². The molecule has 0 radical (unpaired) electrons. The van der Waals surface area contributed by atoms with E-state index in [1.165, 1.54) is 11.3 Å². The first kappa shape index (κ1) is 11.6. The molecule has 3 nitrogen and oxygen atoms in total. The fraction of sp³-hybridized carbons (Fsp3) is 0.455. The predicted molar refractivity (Wildman–Crippen MR) is 64.9 cm³/mol. The number of nitrogens with one attached hydrogen (secondary N) is 1. The Morgan fingerprint density at radius 3 is 2.62 bits per heavy atom. The van der Waals surface area contributed by atoms with Gasteiger partial charge in [0.05, 0.1) is 9.34 Å². The van der Waals surface area contributed by atoms with Crippen molar-refractivity contribution in [1.82, 2.24) is 0 Å². The smallest absolute Gasteiger partial charge is 0.228 e. The number of hydrogen-bond acceptors (Lipinski definition) is 3. The molecule has 1 aliphatic rings. The van der Waals surface area contributed by atoms with Gasteiger partial charge in [0.15, 0.2) is 0 Å². The van der Waals surface area contributed by atoms with Gasteiger partial charge in [-0.3, -0.25) is 9.59 Å². The van der Waals surface area contributed by atoms with Crippen molar-refractivity contribution in [3.8, 4) is 0 Å². The molecule has 1 N–H and O–H groups in total. The van der Waals surface area contributed by atoms with Crippen molar-refractivity contribution >= 4 is 39.6 Å². The van der Waals surface area contributed by atoms with Gasteiger partial charge in [0.2, 0.25) is 5.91 Å². The third-order valence-corrected chi connectivity index (χ3v) is 3.88. The first-order chi connectivity index (χ1) is 7.65. The van der Waals surface area contributed by atoms with Gasteiger partial charge >= 0.3 is 0 Å². The second-order valence-electron chi connectivity index (χ2n) is 3.91. The van der Waals surface area contributed by atoms with E-state index in [2.05, 4.69) is 5.32 Å². The fourth-order valence-electron chi connectivity index (χ4n) is 1.81. The Hall–Kier alpha value is -0.870. The minimum absolute atomic E-state index is 0.00557. The highest BCUT2D eigenvalue weighted by molar-refractivity contribution is 7.20. The molecule has 0 spiro atoms. The van der Waals surface area contributed by atoms with Crippen LogP contribution >= 0.6 is 22.9 Å². The minimum atomic E-state index is -0.0291. The van der Waals surface area contributed by atoms with Crippen LogP contribution in [0.25, 0.3) is 0 Å². The molecule has 16 heavy (non-hydrogen) atoms. The van der Waals surface area contributed by atoms with Gasteiger partial charge in [-0.25, -0.2) is 0 Å². The van der Waals surface area contributed by atoms with Crippen LogP contribution in [0.1, 0.15) is 25.7 Å². The van der Waals surface area contributed by atoms with Gasteiger partial charge in [-0.2, -0.15) is 0 Å². The maximum absolute atomic E-state index is 11.8. The summed E-state index contributed by atoms with van der Waals surface area (Å²) in [4.78, 5) is 22.9. The number of rotatable bonds is 2. The van der Waals surface area contributed by atoms with Gasteiger partial charge in [-0.05, 0) is 25.0 Å². The molecule has 2 rings (SSSR count). The summed E-state index contributed by atoms with van der Waals surface area (Å²) in [7, 11) is 0. The molecule has 1 aromatic rings. The monoisotopic (exact) mass is 257 g/mol. The summed E-state index contributed by atoms with van der Waals surface area (Å²) in [5, 5.41) is 3.60. The van der Waals surface area contributed by atoms with E-state index in [1.807, 2.05) is 0 Å². The van der Waals surface area contributed by atoms with Crippen LogP contribution in [-0.4, -0.2) is 11.7 Å². The van der Waals surface area contributed by atoms with Crippen molar-refractivity contribution in [2.24, 2.45) is 5.92 Å². The summed E-state index contributed by atoms with van der Waals surface area (Å²) in [6.45, 7) is 0. The number of ketones is 1. The summed E-state index contributed by atoms with van der Waals surface area (Å²) < 4.78 is 0.661. The second-order valence-corrected chi connectivity index (χ2v) is 5.62. The van der Waals surface area contributed by atoms with E-state index < -0.39 is 0 Å². The van der Waals surface area contributed by atoms with E-state index in [4.69, 9.17) is 11.6 Å². The first-order valence-electron chi connectivity index (χ1n) is 5.23. The zero-order chi connectivity index (χ0) is 11.5. The molecule has 0 aliphatic heterocycles. The molecule has 1 saturated carbocycles. The van der Waals surface area contributed by atoms with Gasteiger partial charge in [0.25, 0.3) is 0 Å². The first-order valence-corrected chi connectivity index (χ1v) is 6.42. The number of anilines is 1. The Bertz CT molecular complexity index is 406. The SMILES string of the molecule is O=C1CCC(C(=O)Nc2ccc(Cl)s2)CC1. The lowest BCUT2D eigenvalue weighted by molar-refractivity contribution is -0.125. The van der Waals surface area contributed by atoms with E-state index in [0.717, 1.165) is 5.00 Å². The molecule has 1 aliphatic carbocycles. The quantitative estimate of drug-likeness (QED) is 0.885. The van der Waals surface area contributed by atoms with Crippen LogP contribution in [-0.2, 0) is 9.59 Å². The Kier molecular flexibility index (Phi) is 3.61. The number of halogens is 1. The van der Waals surface area contributed by atoms with Crippen molar-refractivity contribution in [1.29, 1.82) is 0 Å². The van der Waals surface area contributed by atoms with Crippen LogP contribution in [0, 0.1) is 5.92 Å². The lowest BCUT2D eigenvalue weighted by atomic mass is 9.88. The normalized spacial score (nSPS) is 17.4. The van der Waals surface area contributed by atoms with Crippen molar-refractivity contribution < 1.29 is 9.59 Å². The lowest BCUT2D eigenvalue weighted by Crippen LogP contribution is -2.26. The maximum atomic E-state index is 11.8. The molecule has 1 aromatic heterocycles. The molecule has 5 heteroatoms. The maximum Gasteiger partial charge on any atom is 0.228 e. The van der Waals surface area contributed by atoms with Crippen molar-refractivity contribution in [2.75, 3.05) is 5.32 Å². The van der Waals surface area contributed by atoms with Crippen LogP contribution in [0.5, 0.6) is 0 Å². The van der Waals surface area contributed by atoms with Crippen LogP contribution < -0.4 is 5.32 Å². The zero-order valence-corrected chi connectivity index (χ0v) is 10.2. The molecule has 0 aromatic carbocycles. The molecule has 0 unspecified atom stereocenters. The average Bonchev–Trinajstić information content (AvgIpc) is 2.65. The molecule has 0 bridgehead atoms. The van der Waals surface area contributed by atoms with Gasteiger partial charge in [0.1, 0.15) is 5.78 Å². The van der Waals surface area contributed by atoms with Crippen LogP contribution in [0.15, 0.2) is 12.1 Å². The highest BCUT2D eigenvalue weighted by Gasteiger charge is 2.24. The number of amides is 1. The molecular weight excluding hydrogens is 246 g/mol. The number of hydrogen-bond donors (Lipinski definition) is 1. The van der Waals surface area contributed by atoms with E-state index in [0.29, 0.717) is 30.0 Å². The highest BCUT2D eigenvalue weighted by Crippen LogP contribution is 2.28. The van der Waals surface area contributed by atoms with Crippen LogP contribution in [0.4, 0.5) is 5.00 Å². The summed E-state index contributed by atoms with van der Waals surface area (Å²) in [6, 6.07) is 3.55. The molecule has 1 heterocycles. The van der Waals surface area contributed by atoms with Gasteiger partial charge < -0.3 is 5.32 Å². The largest absolute Gasteiger partial charge is 0.317 e. The van der Waals surface area contributed by atoms with Crippen molar-refractivity contribution in [2.45, 2.75) is 25.7 Å². The standard InChI is InChI=1S/C11H12ClNO2S/c12-9-5-6-10(16-9)13-11(15)7-1-3-8(14)4-2-7/h5-7H,1-4H2,(H,13,15). The Morgan fingerprint density at radius 2 is 2.06 bits per heavy atom. The number of thiophene rings is 1. The predicted octanol–water partition coefficient (Wildman–Crippen LogP) is 3.10. The lowest BCUT2D eigenvalue weighted by Gasteiger charge is -2.19. The van der Waals surface area contributed by atoms with Crippen LogP contribution in [0.2, 0.25) is 4.34 Å². The number of carbonyl (C=O) groups excluding carboxylic acids is 2. The molecule has 86 valence electrons. The van der Waals surface area contributed by atoms with Crippen LogP contribution in [0.3, 0.4) is 0 Å². The Morgan fingerprint density at radius 1 is 1.38 bits per heavy atom. The van der Waals surface area contributed by atoms with E-state index in [1.54, 1.807) is 12.1 Å². The molecular formula is C11H12ClNO2S. The van der Waals surface area contributed by atoms with Gasteiger partial charge in [-0.15, -0.1) is 11.3 Å². The van der Waals surface area contributed by atoms with Gasteiger partial charge in [0, 0.05) is 18.8 Å². The molecule has 0 atom stereocenters. The third kappa shape index (κ3) is 2.83. The zero-order valence-electron chi connectivity index (χ0n) is 8.66. The Balaban J connectivity index is 1.91. The third-order valence-electron chi connectivity index (χ3n) is 2.73. The second kappa shape index (κ2) is 4.97. The number of Topliss-reactive ketones (excluding diaryl/α,β-unsaturated/α-hetero) is 1. The van der Waals surface area contributed by atoms with E-state index in [9.17, 15) is 9.59 Å². The van der Waals surface area contributed by atoms with E-state index in [-0.39, 0.29) is 17.6 Å². The molecule has 0 saturated heterocycles. The van der Waals surface area contributed by atoms with Crippen molar-refractivity contribution in [3.63, 3.8) is 0 Å². The van der Waals surface area contributed by atoms with Crippen molar-refractivity contribution in [3.05, 3.63) is 16.5 Å².